The minimum absolute atomic E-state index is 0.106. The summed E-state index contributed by atoms with van der Waals surface area (Å²) < 4.78 is 11.0. The molecule has 25 heavy (non-hydrogen) atoms. The number of pyridine rings is 1. The van der Waals surface area contributed by atoms with Crippen LogP contribution in [0.1, 0.15) is 19.5 Å². The summed E-state index contributed by atoms with van der Waals surface area (Å²) in [6.45, 7) is 5.11. The number of rotatable bonds is 6. The van der Waals surface area contributed by atoms with Crippen LogP contribution >= 0.6 is 0 Å². The lowest BCUT2D eigenvalue weighted by molar-refractivity contribution is -0.146. The van der Waals surface area contributed by atoms with Crippen LogP contribution in [0.25, 0.3) is 5.65 Å². The van der Waals surface area contributed by atoms with E-state index in [1.165, 1.54) is 4.40 Å². The number of ether oxygens (including phenoxy) is 2. The molecular formula is C17H19N3O5. The first-order valence-corrected chi connectivity index (χ1v) is 7.78. The van der Waals surface area contributed by atoms with E-state index in [4.69, 9.17) is 9.47 Å². The Morgan fingerprint density at radius 2 is 1.84 bits per heavy atom. The number of anilines is 1. The molecule has 0 unspecified atom stereocenters. The predicted molar refractivity (Wildman–Crippen MR) is 91.2 cm³/mol. The maximum absolute atomic E-state index is 12.6. The van der Waals surface area contributed by atoms with E-state index in [-0.39, 0.29) is 30.0 Å². The predicted octanol–water partition coefficient (Wildman–Crippen LogP) is 1.42. The number of carbonyl (C=O) groups excluding carboxylic acids is 2. The SMILES string of the molecule is CCOC(=O)C(=CNc1c(C)nc2ccccn2c1=O)C(=O)OCC. The van der Waals surface area contributed by atoms with E-state index in [2.05, 4.69) is 10.3 Å². The fourth-order valence-corrected chi connectivity index (χ4v) is 2.13. The monoisotopic (exact) mass is 345 g/mol. The fourth-order valence-electron chi connectivity index (χ4n) is 2.13. The van der Waals surface area contributed by atoms with Crippen molar-refractivity contribution in [2.24, 2.45) is 0 Å². The Labute approximate surface area is 144 Å². The van der Waals surface area contributed by atoms with Crippen molar-refractivity contribution in [1.29, 1.82) is 0 Å². The highest BCUT2D eigenvalue weighted by atomic mass is 16.6. The van der Waals surface area contributed by atoms with Gasteiger partial charge in [-0.1, -0.05) is 6.07 Å². The third kappa shape index (κ3) is 4.03. The number of aryl methyl sites for hydroxylation is 1. The van der Waals surface area contributed by atoms with Crippen LogP contribution in [0.15, 0.2) is 41.0 Å². The molecule has 0 radical (unpaired) electrons. The molecule has 0 saturated carbocycles. The average molecular weight is 345 g/mol. The molecule has 2 aromatic heterocycles. The molecule has 0 amide bonds. The second-order valence-corrected chi connectivity index (χ2v) is 4.95. The van der Waals surface area contributed by atoms with E-state index in [0.717, 1.165) is 6.20 Å². The second-order valence-electron chi connectivity index (χ2n) is 4.95. The van der Waals surface area contributed by atoms with Crippen LogP contribution < -0.4 is 10.9 Å². The Balaban J connectivity index is 2.43. The van der Waals surface area contributed by atoms with Crippen LogP contribution in [0.3, 0.4) is 0 Å². The Morgan fingerprint density at radius 1 is 1.20 bits per heavy atom. The molecule has 0 fully saturated rings. The van der Waals surface area contributed by atoms with Gasteiger partial charge < -0.3 is 14.8 Å². The molecule has 8 heteroatoms. The van der Waals surface area contributed by atoms with E-state index in [1.807, 2.05) is 0 Å². The van der Waals surface area contributed by atoms with Crippen molar-refractivity contribution in [3.8, 4) is 0 Å². The number of esters is 2. The fraction of sp³-hybridized carbons (Fsp3) is 0.294. The first-order valence-electron chi connectivity index (χ1n) is 7.78. The lowest BCUT2D eigenvalue weighted by Crippen LogP contribution is -2.22. The number of hydrogen-bond acceptors (Lipinski definition) is 7. The third-order valence-corrected chi connectivity index (χ3v) is 3.27. The van der Waals surface area contributed by atoms with Gasteiger partial charge in [-0.15, -0.1) is 0 Å². The van der Waals surface area contributed by atoms with Gasteiger partial charge in [0, 0.05) is 12.4 Å². The molecule has 0 aliphatic carbocycles. The van der Waals surface area contributed by atoms with Gasteiger partial charge in [0.25, 0.3) is 5.56 Å². The largest absolute Gasteiger partial charge is 0.462 e. The molecule has 0 spiro atoms. The Hall–Kier alpha value is -3.16. The molecule has 2 heterocycles. The Bertz CT molecular complexity index is 865. The summed E-state index contributed by atoms with van der Waals surface area (Å²) in [5.41, 5.74) is 0.386. The van der Waals surface area contributed by atoms with E-state index in [1.54, 1.807) is 45.2 Å². The molecule has 0 bridgehead atoms. The molecular weight excluding hydrogens is 326 g/mol. The topological polar surface area (TPSA) is 99.0 Å². The zero-order valence-corrected chi connectivity index (χ0v) is 14.2. The molecule has 0 aliphatic rings. The molecule has 0 atom stereocenters. The third-order valence-electron chi connectivity index (χ3n) is 3.27. The first-order chi connectivity index (χ1) is 12.0. The van der Waals surface area contributed by atoms with Crippen molar-refractivity contribution >= 4 is 23.3 Å². The quantitative estimate of drug-likeness (QED) is 0.366. The van der Waals surface area contributed by atoms with Crippen molar-refractivity contribution in [2.45, 2.75) is 20.8 Å². The van der Waals surface area contributed by atoms with E-state index in [9.17, 15) is 14.4 Å². The van der Waals surface area contributed by atoms with Crippen LogP contribution in [0.2, 0.25) is 0 Å². The first kappa shape index (κ1) is 18.2. The molecule has 1 N–H and O–H groups in total. The summed E-state index contributed by atoms with van der Waals surface area (Å²) in [4.78, 5) is 40.7. The highest BCUT2D eigenvalue weighted by Crippen LogP contribution is 2.10. The molecule has 0 aliphatic heterocycles. The van der Waals surface area contributed by atoms with Gasteiger partial charge in [0.05, 0.1) is 18.9 Å². The summed E-state index contributed by atoms with van der Waals surface area (Å²) in [7, 11) is 0. The van der Waals surface area contributed by atoms with Gasteiger partial charge in [-0.3, -0.25) is 9.20 Å². The van der Waals surface area contributed by atoms with Crippen molar-refractivity contribution in [2.75, 3.05) is 18.5 Å². The zero-order chi connectivity index (χ0) is 18.4. The molecule has 0 saturated heterocycles. The van der Waals surface area contributed by atoms with Crippen LogP contribution in [0.4, 0.5) is 5.69 Å². The average Bonchev–Trinajstić information content (AvgIpc) is 2.58. The van der Waals surface area contributed by atoms with Crippen molar-refractivity contribution in [1.82, 2.24) is 9.38 Å². The highest BCUT2D eigenvalue weighted by Gasteiger charge is 2.21. The standard InChI is InChI=1S/C17H19N3O5/c1-4-24-16(22)12(17(23)25-5-2)10-18-14-11(3)19-13-8-6-7-9-20(13)15(14)21/h6-10,18H,4-5H2,1-3H3. The molecule has 2 rings (SSSR count). The van der Waals surface area contributed by atoms with Crippen LogP contribution in [0.5, 0.6) is 0 Å². The Morgan fingerprint density at radius 3 is 2.44 bits per heavy atom. The zero-order valence-electron chi connectivity index (χ0n) is 14.2. The lowest BCUT2D eigenvalue weighted by Gasteiger charge is -2.09. The maximum atomic E-state index is 12.6. The molecule has 2 aromatic rings. The van der Waals surface area contributed by atoms with Gasteiger partial charge in [0.1, 0.15) is 11.3 Å². The second kappa shape index (κ2) is 8.09. The summed E-state index contributed by atoms with van der Waals surface area (Å²) in [5, 5.41) is 2.69. The highest BCUT2D eigenvalue weighted by molar-refractivity contribution is 6.14. The number of nitrogens with one attached hydrogen (secondary N) is 1. The van der Waals surface area contributed by atoms with Crippen molar-refractivity contribution < 1.29 is 19.1 Å². The Kier molecular flexibility index (Phi) is 5.89. The molecule has 0 aromatic carbocycles. The minimum atomic E-state index is -0.833. The minimum Gasteiger partial charge on any atom is -0.462 e. The number of carbonyl (C=O) groups is 2. The van der Waals surface area contributed by atoms with Gasteiger partial charge in [-0.2, -0.15) is 0 Å². The van der Waals surface area contributed by atoms with Gasteiger partial charge >= 0.3 is 11.9 Å². The number of aromatic nitrogens is 2. The van der Waals surface area contributed by atoms with Gasteiger partial charge in [0.2, 0.25) is 0 Å². The van der Waals surface area contributed by atoms with E-state index in [0.29, 0.717) is 11.3 Å². The number of fused-ring (bicyclic) bond motifs is 1. The van der Waals surface area contributed by atoms with Crippen LogP contribution in [0, 0.1) is 6.92 Å². The summed E-state index contributed by atoms with van der Waals surface area (Å²) >= 11 is 0. The van der Waals surface area contributed by atoms with E-state index >= 15 is 0 Å². The normalized spacial score (nSPS) is 10.2. The van der Waals surface area contributed by atoms with Gasteiger partial charge in [-0.05, 0) is 32.9 Å². The van der Waals surface area contributed by atoms with Crippen LogP contribution in [-0.2, 0) is 19.1 Å². The smallest absolute Gasteiger partial charge is 0.347 e. The van der Waals surface area contributed by atoms with Gasteiger partial charge in [0.15, 0.2) is 5.57 Å². The van der Waals surface area contributed by atoms with Gasteiger partial charge in [-0.25, -0.2) is 14.6 Å². The molecule has 132 valence electrons. The summed E-state index contributed by atoms with van der Waals surface area (Å²) in [6, 6.07) is 5.18. The maximum Gasteiger partial charge on any atom is 0.347 e. The molecule has 8 nitrogen and oxygen atoms in total. The van der Waals surface area contributed by atoms with Crippen LogP contribution in [-0.4, -0.2) is 34.5 Å². The number of nitrogens with zero attached hydrogens (tertiary/aromatic N) is 2. The number of hydrogen-bond donors (Lipinski definition) is 1. The summed E-state index contributed by atoms with van der Waals surface area (Å²) in [5.74, 6) is -1.67. The van der Waals surface area contributed by atoms with Crippen molar-refractivity contribution in [3.63, 3.8) is 0 Å². The van der Waals surface area contributed by atoms with Crippen molar-refractivity contribution in [3.05, 3.63) is 52.2 Å². The van der Waals surface area contributed by atoms with E-state index < -0.39 is 11.9 Å². The summed E-state index contributed by atoms with van der Waals surface area (Å²) in [6.07, 6.45) is 2.69. The lowest BCUT2D eigenvalue weighted by atomic mass is 10.3.